The first-order valence-electron chi connectivity index (χ1n) is 10.0. The fourth-order valence-electron chi connectivity index (χ4n) is 3.92. The molecule has 2 aliphatic heterocycles. The molecule has 5 rings (SSSR count). The standard InChI is InChI=1S/C23H20FIN5O2/c1-12-6-8-25-18-10-16-19(23(31)30-18)21(28-15-5-3-4-14(24)22(15)32-2)20(29-16)13-7-9-26-11-17(13)27-12/h3-5,7,9,11-12,18,27-29H,10H2,1-2H3,(H,30,31)/q-1. The number of pyridine rings is 1. The Morgan fingerprint density at radius 1 is 1.31 bits per heavy atom. The molecule has 2 aliphatic rings. The van der Waals surface area contributed by atoms with E-state index >= 15 is 0 Å². The molecule has 0 aliphatic carbocycles. The number of carbonyl (C=O) groups excluding carboxylic acids is 1. The van der Waals surface area contributed by atoms with Gasteiger partial charge < -0.3 is 0 Å². The summed E-state index contributed by atoms with van der Waals surface area (Å²) in [5, 5.41) is 9.78. The van der Waals surface area contributed by atoms with Crippen LogP contribution in [0.5, 0.6) is 5.75 Å². The predicted molar refractivity (Wildman–Crippen MR) is 116 cm³/mol. The van der Waals surface area contributed by atoms with Gasteiger partial charge in [-0.15, -0.1) is 0 Å². The van der Waals surface area contributed by atoms with Crippen LogP contribution in [-0.2, 0) is 6.42 Å². The van der Waals surface area contributed by atoms with Crippen molar-refractivity contribution in [2.75, 3.05) is 17.7 Å². The van der Waals surface area contributed by atoms with E-state index in [-0.39, 0.29) is 21.7 Å². The second kappa shape index (κ2) is 8.35. The van der Waals surface area contributed by atoms with Crippen LogP contribution in [0, 0.1) is 15.7 Å². The third-order valence-corrected chi connectivity index (χ3v) is 7.45. The summed E-state index contributed by atoms with van der Waals surface area (Å²) in [5.74, 6) is 2.67. The zero-order chi connectivity index (χ0) is 22.2. The first-order chi connectivity index (χ1) is 15.5. The quantitative estimate of drug-likeness (QED) is 0.167. The maximum absolute atomic E-state index is 14.3. The Bertz CT molecular complexity index is 1280. The second-order valence-corrected chi connectivity index (χ2v) is 10.1. The molecular formula is C23H20FIN5O2-. The van der Waals surface area contributed by atoms with Crippen LogP contribution in [0.3, 0.4) is 0 Å². The topological polar surface area (TPSA) is 91.1 Å². The number of anilines is 3. The number of hydrogen-bond donors (Lipinski definition) is 4. The Kier molecular flexibility index (Phi) is 5.38. The number of aromatic nitrogens is 2. The minimum absolute atomic E-state index is 0.0212. The zero-order valence-electron chi connectivity index (χ0n) is 17.3. The van der Waals surface area contributed by atoms with Crippen LogP contribution < -0.4 is 41.9 Å². The van der Waals surface area contributed by atoms with E-state index in [0.717, 1.165) is 22.6 Å². The van der Waals surface area contributed by atoms with Crippen LogP contribution in [0.4, 0.5) is 21.5 Å². The van der Waals surface area contributed by atoms with Crippen LogP contribution in [0.1, 0.15) is 23.0 Å². The molecule has 32 heavy (non-hydrogen) atoms. The summed E-state index contributed by atoms with van der Waals surface area (Å²) in [6.45, 7) is 1.99. The van der Waals surface area contributed by atoms with Gasteiger partial charge in [0.15, 0.2) is 0 Å². The molecule has 3 aromatic rings. The average Bonchev–Trinajstić information content (AvgIpc) is 3.12. The third kappa shape index (κ3) is 3.64. The molecule has 2 aromatic heterocycles. The number of ether oxygens (including phenoxy) is 1. The van der Waals surface area contributed by atoms with E-state index in [0.29, 0.717) is 23.4 Å². The molecule has 0 spiro atoms. The first-order valence-corrected chi connectivity index (χ1v) is 12.4. The van der Waals surface area contributed by atoms with E-state index in [4.69, 9.17) is 4.74 Å². The van der Waals surface area contributed by atoms with Crippen molar-refractivity contribution in [1.29, 1.82) is 0 Å². The number of fused-ring (bicyclic) bond motifs is 4. The van der Waals surface area contributed by atoms with Crippen molar-refractivity contribution in [1.82, 2.24) is 15.3 Å². The van der Waals surface area contributed by atoms with Crippen molar-refractivity contribution in [2.45, 2.75) is 23.4 Å². The molecule has 0 saturated carbocycles. The summed E-state index contributed by atoms with van der Waals surface area (Å²) in [7, 11) is 1.42. The van der Waals surface area contributed by atoms with E-state index in [9.17, 15) is 9.18 Å². The molecule has 0 saturated heterocycles. The van der Waals surface area contributed by atoms with E-state index in [1.165, 1.54) is 13.2 Å². The van der Waals surface area contributed by atoms with Gasteiger partial charge in [-0.1, -0.05) is 0 Å². The molecule has 9 heteroatoms. The average molecular weight is 544 g/mol. The Labute approximate surface area is 194 Å². The maximum atomic E-state index is 14.3. The number of methoxy groups -OCH3 is 1. The third-order valence-electron chi connectivity index (χ3n) is 5.33. The van der Waals surface area contributed by atoms with Gasteiger partial charge in [0.1, 0.15) is 0 Å². The molecule has 1 amide bonds. The summed E-state index contributed by atoms with van der Waals surface area (Å²) in [6.07, 6.45) is 4.10. The van der Waals surface area contributed by atoms with Gasteiger partial charge in [-0.05, 0) is 0 Å². The van der Waals surface area contributed by atoms with Gasteiger partial charge in [0.05, 0.1) is 0 Å². The molecule has 4 heterocycles. The number of hydrogen-bond acceptors (Lipinski definition) is 5. The van der Waals surface area contributed by atoms with Gasteiger partial charge in [0, 0.05) is 0 Å². The number of nitrogens with zero attached hydrogens (tertiary/aromatic N) is 1. The number of rotatable bonds is 3. The van der Waals surface area contributed by atoms with E-state index < -0.39 is 27.0 Å². The SMILES string of the molecule is COc1c(F)cccc1Nc1c2[nH]c3c1C(=O)NC(C3)[I-]C#CC(C)Nc1cnccc1-2. The van der Waals surface area contributed by atoms with Crippen molar-refractivity contribution < 1.29 is 35.1 Å². The van der Waals surface area contributed by atoms with Crippen molar-refractivity contribution in [3.8, 4) is 26.9 Å². The molecule has 0 fully saturated rings. The minimum atomic E-state index is -0.554. The van der Waals surface area contributed by atoms with E-state index in [1.807, 2.05) is 13.0 Å². The number of halogens is 2. The van der Waals surface area contributed by atoms with Crippen LogP contribution in [0.2, 0.25) is 0 Å². The Morgan fingerprint density at radius 2 is 2.19 bits per heavy atom. The summed E-state index contributed by atoms with van der Waals surface area (Å²) >= 11 is -0.554. The van der Waals surface area contributed by atoms with Gasteiger partial charge in [0.25, 0.3) is 0 Å². The molecule has 7 nitrogen and oxygen atoms in total. The number of alkyl halides is 1. The van der Waals surface area contributed by atoms with Crippen molar-refractivity contribution in [2.24, 2.45) is 0 Å². The van der Waals surface area contributed by atoms with E-state index in [2.05, 4.69) is 35.8 Å². The Balaban J connectivity index is 1.73. The van der Waals surface area contributed by atoms with Crippen LogP contribution in [0.25, 0.3) is 11.3 Å². The normalized spacial score (nSPS) is 19.0. The second-order valence-electron chi connectivity index (χ2n) is 7.45. The van der Waals surface area contributed by atoms with Gasteiger partial charge in [-0.3, -0.25) is 0 Å². The van der Waals surface area contributed by atoms with Crippen molar-refractivity contribution in [3.63, 3.8) is 0 Å². The number of amides is 1. The number of benzene rings is 1. The van der Waals surface area contributed by atoms with Gasteiger partial charge >= 0.3 is 195 Å². The molecular weight excluding hydrogens is 524 g/mol. The molecule has 164 valence electrons. The molecule has 2 atom stereocenters. The fourth-order valence-corrected chi connectivity index (χ4v) is 6.04. The van der Waals surface area contributed by atoms with E-state index in [1.54, 1.807) is 24.5 Å². The van der Waals surface area contributed by atoms with Crippen LogP contribution >= 0.6 is 0 Å². The Hall–Kier alpha value is -3.26. The summed E-state index contributed by atoms with van der Waals surface area (Å²) in [4.78, 5) is 20.9. The van der Waals surface area contributed by atoms with Crippen molar-refractivity contribution in [3.05, 3.63) is 53.7 Å². The van der Waals surface area contributed by atoms with Gasteiger partial charge in [0.2, 0.25) is 0 Å². The summed E-state index contributed by atoms with van der Waals surface area (Å²) in [5.41, 5.74) is 4.71. The Morgan fingerprint density at radius 3 is 3.03 bits per heavy atom. The predicted octanol–water partition coefficient (Wildman–Crippen LogP) is 0.444. The summed E-state index contributed by atoms with van der Waals surface area (Å²) < 4.78 is 22.9. The molecule has 2 unspecified atom stereocenters. The molecule has 1 aromatic carbocycles. The monoisotopic (exact) mass is 544 g/mol. The molecule has 3 bridgehead atoms. The number of nitrogens with one attached hydrogen (secondary N) is 4. The van der Waals surface area contributed by atoms with Crippen LogP contribution in [0.15, 0.2) is 36.7 Å². The zero-order valence-corrected chi connectivity index (χ0v) is 19.5. The van der Waals surface area contributed by atoms with Gasteiger partial charge in [-0.2, -0.15) is 0 Å². The number of aromatic amines is 1. The summed E-state index contributed by atoms with van der Waals surface area (Å²) in [6, 6.07) is 6.45. The van der Waals surface area contributed by atoms with Gasteiger partial charge in [-0.25, -0.2) is 0 Å². The van der Waals surface area contributed by atoms with Crippen molar-refractivity contribution >= 4 is 23.0 Å². The molecule has 0 radical (unpaired) electrons. The molecule has 4 N–H and O–H groups in total. The van der Waals surface area contributed by atoms with Crippen LogP contribution in [-0.4, -0.2) is 33.1 Å². The number of H-pyrrole nitrogens is 1. The first kappa shape index (κ1) is 20.6. The number of para-hydroxylation sites is 1. The number of carbonyl (C=O) groups is 1. The fraction of sp³-hybridized carbons (Fsp3) is 0.217.